The molecule has 2 aromatic rings. The molecule has 3 atom stereocenters. The highest BCUT2D eigenvalue weighted by Gasteiger charge is 2.44. The van der Waals surface area contributed by atoms with E-state index in [0.29, 0.717) is 50.0 Å². The Kier molecular flexibility index (Phi) is 10.4. The summed E-state index contributed by atoms with van der Waals surface area (Å²) in [6, 6.07) is 3.60. The van der Waals surface area contributed by atoms with Crippen molar-refractivity contribution in [2.24, 2.45) is 5.41 Å². The van der Waals surface area contributed by atoms with Crippen LogP contribution in [0.5, 0.6) is 0 Å². The second-order valence-electron chi connectivity index (χ2n) is 12.6. The Morgan fingerprint density at radius 2 is 1.58 bits per heavy atom. The standard InChI is InChI=1S/C33H40F7N3O2/c1-21-16-26(34)9-10-27(21)28-20-31(11-5-4-8-29(44)41-14-7-6-12-31)13-15-43(28)30(45)42(3)22(2)23-17-24(32(35,36)37)19-25(18-23)33(38,39)40/h9-10,16-19,22,28H,4-8,11-15,20H2,1-3H3,(H,41,44)/t22-,28-,31+/m1/s1. The number of aryl methyl sites for hydroxylation is 1. The lowest BCUT2D eigenvalue weighted by Crippen LogP contribution is -2.50. The topological polar surface area (TPSA) is 52.7 Å². The molecule has 1 N–H and O–H groups in total. The average Bonchev–Trinajstić information content (AvgIpc) is 3.00. The van der Waals surface area contributed by atoms with Gasteiger partial charge in [0.15, 0.2) is 0 Å². The first-order chi connectivity index (χ1) is 21.0. The first kappa shape index (κ1) is 34.6. The molecule has 0 aliphatic carbocycles. The number of benzene rings is 2. The lowest BCUT2D eigenvalue weighted by atomic mass is 9.67. The van der Waals surface area contributed by atoms with E-state index in [0.717, 1.165) is 44.1 Å². The van der Waals surface area contributed by atoms with E-state index in [9.17, 15) is 40.3 Å². The van der Waals surface area contributed by atoms with E-state index in [2.05, 4.69) is 5.32 Å². The van der Waals surface area contributed by atoms with E-state index >= 15 is 0 Å². The normalized spacial score (nSPS) is 22.8. The highest BCUT2D eigenvalue weighted by Crippen LogP contribution is 2.49. The van der Waals surface area contributed by atoms with Crippen LogP contribution in [0, 0.1) is 18.2 Å². The van der Waals surface area contributed by atoms with E-state index < -0.39 is 47.4 Å². The maximum atomic E-state index is 14.1. The molecular weight excluding hydrogens is 603 g/mol. The van der Waals surface area contributed by atoms with Gasteiger partial charge in [0.25, 0.3) is 0 Å². The van der Waals surface area contributed by atoms with Crippen molar-refractivity contribution in [3.05, 3.63) is 70.0 Å². The van der Waals surface area contributed by atoms with Gasteiger partial charge in [0.2, 0.25) is 5.91 Å². The largest absolute Gasteiger partial charge is 0.416 e. The summed E-state index contributed by atoms with van der Waals surface area (Å²) in [4.78, 5) is 29.0. The van der Waals surface area contributed by atoms with Crippen LogP contribution in [0.2, 0.25) is 0 Å². The smallest absolute Gasteiger partial charge is 0.356 e. The third-order valence-electron chi connectivity index (χ3n) is 9.51. The number of carbonyl (C=O) groups is 2. The second kappa shape index (κ2) is 13.6. The van der Waals surface area contributed by atoms with Crippen LogP contribution in [-0.2, 0) is 17.1 Å². The molecule has 2 aliphatic heterocycles. The Hall–Kier alpha value is -3.31. The van der Waals surface area contributed by atoms with Crippen molar-refractivity contribution in [3.8, 4) is 0 Å². The fraction of sp³-hybridized carbons (Fsp3) is 0.576. The molecule has 45 heavy (non-hydrogen) atoms. The predicted molar refractivity (Wildman–Crippen MR) is 156 cm³/mol. The number of nitrogens with one attached hydrogen (secondary N) is 1. The second-order valence-corrected chi connectivity index (χ2v) is 12.6. The van der Waals surface area contributed by atoms with Crippen LogP contribution in [0.4, 0.5) is 35.5 Å². The lowest BCUT2D eigenvalue weighted by molar-refractivity contribution is -0.143. The zero-order valence-electron chi connectivity index (χ0n) is 25.8. The number of halogens is 7. The molecule has 3 amide bonds. The Balaban J connectivity index is 1.67. The summed E-state index contributed by atoms with van der Waals surface area (Å²) in [5.74, 6) is -0.394. The Labute approximate surface area is 259 Å². The van der Waals surface area contributed by atoms with Gasteiger partial charge in [-0.1, -0.05) is 18.9 Å². The monoisotopic (exact) mass is 643 g/mol. The molecule has 0 unspecified atom stereocenters. The van der Waals surface area contributed by atoms with Gasteiger partial charge in [-0.15, -0.1) is 0 Å². The number of hydrogen-bond acceptors (Lipinski definition) is 2. The molecular formula is C33H40F7N3O2. The van der Waals surface area contributed by atoms with E-state index in [-0.39, 0.29) is 23.0 Å². The fourth-order valence-corrected chi connectivity index (χ4v) is 6.77. The van der Waals surface area contributed by atoms with Crippen molar-refractivity contribution in [3.63, 3.8) is 0 Å². The average molecular weight is 644 g/mol. The van der Waals surface area contributed by atoms with E-state index in [1.807, 2.05) is 0 Å². The number of urea groups is 1. The minimum absolute atomic E-state index is 0.0338. The molecule has 1 spiro atoms. The van der Waals surface area contributed by atoms with Crippen molar-refractivity contribution < 1.29 is 40.3 Å². The maximum Gasteiger partial charge on any atom is 0.416 e. The highest BCUT2D eigenvalue weighted by atomic mass is 19.4. The first-order valence-corrected chi connectivity index (χ1v) is 15.4. The molecule has 2 saturated heterocycles. The van der Waals surface area contributed by atoms with Crippen molar-refractivity contribution >= 4 is 11.9 Å². The number of nitrogens with zero attached hydrogens (tertiary/aromatic N) is 2. The third-order valence-corrected chi connectivity index (χ3v) is 9.51. The summed E-state index contributed by atoms with van der Waals surface area (Å²) in [5, 5.41) is 2.94. The SMILES string of the molecule is Cc1cc(F)ccc1[C@H]1C[C@@]2(CCCCNC(=O)CCCC2)CCN1C(=O)N(C)[C@H](C)c1cc(C(F)(F)F)cc(C(F)(F)F)c1. The summed E-state index contributed by atoms with van der Waals surface area (Å²) >= 11 is 0. The molecule has 0 bridgehead atoms. The maximum absolute atomic E-state index is 14.1. The molecule has 2 fully saturated rings. The fourth-order valence-electron chi connectivity index (χ4n) is 6.77. The summed E-state index contributed by atoms with van der Waals surface area (Å²) in [5.41, 5.74) is -1.93. The number of carbonyl (C=O) groups excluding carboxylic acids is 2. The van der Waals surface area contributed by atoms with Gasteiger partial charge in [0, 0.05) is 26.6 Å². The van der Waals surface area contributed by atoms with Gasteiger partial charge in [-0.2, -0.15) is 26.3 Å². The molecule has 0 saturated carbocycles. The first-order valence-electron chi connectivity index (χ1n) is 15.4. The van der Waals surface area contributed by atoms with Gasteiger partial charge in [0.05, 0.1) is 23.2 Å². The zero-order chi connectivity index (χ0) is 33.2. The summed E-state index contributed by atoms with van der Waals surface area (Å²) in [7, 11) is 1.37. The highest BCUT2D eigenvalue weighted by molar-refractivity contribution is 5.76. The van der Waals surface area contributed by atoms with E-state index in [4.69, 9.17) is 0 Å². The van der Waals surface area contributed by atoms with Gasteiger partial charge < -0.3 is 15.1 Å². The molecule has 2 aliphatic rings. The Bertz CT molecular complexity index is 1340. The van der Waals surface area contributed by atoms with Gasteiger partial charge in [-0.3, -0.25) is 4.79 Å². The molecule has 248 valence electrons. The van der Waals surface area contributed by atoms with Gasteiger partial charge in [0.1, 0.15) is 5.82 Å². The van der Waals surface area contributed by atoms with Crippen molar-refractivity contribution in [2.75, 3.05) is 20.1 Å². The Morgan fingerprint density at radius 3 is 2.18 bits per heavy atom. The molecule has 2 heterocycles. The van der Waals surface area contributed by atoms with Gasteiger partial charge in [-0.05, 0) is 105 Å². The number of rotatable bonds is 3. The van der Waals surface area contributed by atoms with Crippen molar-refractivity contribution in [1.82, 2.24) is 15.1 Å². The van der Waals surface area contributed by atoms with Crippen LogP contribution in [0.25, 0.3) is 0 Å². The van der Waals surface area contributed by atoms with Crippen LogP contribution in [0.15, 0.2) is 36.4 Å². The number of piperidine rings is 1. The molecule has 4 rings (SSSR count). The number of likely N-dealkylation sites (tertiary alicyclic amines) is 1. The van der Waals surface area contributed by atoms with Crippen molar-refractivity contribution in [1.29, 1.82) is 0 Å². The van der Waals surface area contributed by atoms with Crippen LogP contribution >= 0.6 is 0 Å². The van der Waals surface area contributed by atoms with Gasteiger partial charge in [-0.25, -0.2) is 9.18 Å². The molecule has 2 aromatic carbocycles. The predicted octanol–water partition coefficient (Wildman–Crippen LogP) is 8.97. The minimum Gasteiger partial charge on any atom is -0.356 e. The van der Waals surface area contributed by atoms with Crippen LogP contribution < -0.4 is 5.32 Å². The van der Waals surface area contributed by atoms with Crippen LogP contribution in [0.1, 0.15) is 105 Å². The Morgan fingerprint density at radius 1 is 0.956 bits per heavy atom. The molecule has 12 heteroatoms. The quantitative estimate of drug-likeness (QED) is 0.340. The van der Waals surface area contributed by atoms with Crippen LogP contribution in [-0.4, -0.2) is 41.9 Å². The third kappa shape index (κ3) is 8.30. The number of alkyl halides is 6. The van der Waals surface area contributed by atoms with Crippen molar-refractivity contribution in [2.45, 2.75) is 96.1 Å². The van der Waals surface area contributed by atoms with Gasteiger partial charge >= 0.3 is 18.4 Å². The van der Waals surface area contributed by atoms with E-state index in [1.54, 1.807) is 17.9 Å². The number of hydrogen-bond donors (Lipinski definition) is 1. The molecule has 5 nitrogen and oxygen atoms in total. The number of amides is 3. The lowest BCUT2D eigenvalue weighted by Gasteiger charge is -2.49. The zero-order valence-corrected chi connectivity index (χ0v) is 25.8. The summed E-state index contributed by atoms with van der Waals surface area (Å²) in [6.45, 7) is 4.06. The summed E-state index contributed by atoms with van der Waals surface area (Å²) < 4.78 is 95.6. The van der Waals surface area contributed by atoms with E-state index in [1.165, 1.54) is 31.0 Å². The van der Waals surface area contributed by atoms with Crippen LogP contribution in [0.3, 0.4) is 0 Å². The minimum atomic E-state index is -5.01. The molecule has 0 aromatic heterocycles. The summed E-state index contributed by atoms with van der Waals surface area (Å²) in [6.07, 6.45) is -3.41. The molecule has 0 radical (unpaired) electrons.